The first-order chi connectivity index (χ1) is 11.2. The predicted molar refractivity (Wildman–Crippen MR) is 89.8 cm³/mol. The Labute approximate surface area is 136 Å². The van der Waals surface area contributed by atoms with Gasteiger partial charge in [0.15, 0.2) is 0 Å². The van der Waals surface area contributed by atoms with Crippen molar-refractivity contribution >= 4 is 11.6 Å². The zero-order valence-electron chi connectivity index (χ0n) is 13.0. The lowest BCUT2D eigenvalue weighted by Gasteiger charge is -2.34. The van der Waals surface area contributed by atoms with Gasteiger partial charge in [-0.3, -0.25) is 4.79 Å². The number of hydrogen-bond acceptors (Lipinski definition) is 2. The van der Waals surface area contributed by atoms with Crippen LogP contribution in [0.1, 0.15) is 18.4 Å². The molecule has 0 aromatic heterocycles. The van der Waals surface area contributed by atoms with Crippen LogP contribution < -0.4 is 5.32 Å². The van der Waals surface area contributed by atoms with E-state index < -0.39 is 0 Å². The third kappa shape index (κ3) is 4.31. The van der Waals surface area contributed by atoms with E-state index in [9.17, 15) is 9.18 Å². The van der Waals surface area contributed by atoms with Gasteiger partial charge in [0.2, 0.25) is 5.91 Å². The second kappa shape index (κ2) is 7.27. The van der Waals surface area contributed by atoms with Gasteiger partial charge in [-0.2, -0.15) is 0 Å². The molecule has 3 nitrogen and oxygen atoms in total. The van der Waals surface area contributed by atoms with Gasteiger partial charge in [0.25, 0.3) is 0 Å². The van der Waals surface area contributed by atoms with Gasteiger partial charge in [0, 0.05) is 24.8 Å². The topological polar surface area (TPSA) is 32.3 Å². The Morgan fingerprint density at radius 3 is 2.61 bits per heavy atom. The van der Waals surface area contributed by atoms with Gasteiger partial charge >= 0.3 is 0 Å². The first-order valence-corrected chi connectivity index (χ1v) is 8.04. The van der Waals surface area contributed by atoms with E-state index in [4.69, 9.17) is 0 Å². The maximum absolute atomic E-state index is 13.0. The SMILES string of the molecule is O=C(Cc1ccccc1)N1CCCC(Nc2ccc(F)cc2)C1. The zero-order valence-corrected chi connectivity index (χ0v) is 13.0. The van der Waals surface area contributed by atoms with Crippen molar-refractivity contribution in [1.82, 2.24) is 4.90 Å². The van der Waals surface area contributed by atoms with Crippen LogP contribution in [0.25, 0.3) is 0 Å². The number of hydrogen-bond donors (Lipinski definition) is 1. The predicted octanol–water partition coefficient (Wildman–Crippen LogP) is 3.47. The summed E-state index contributed by atoms with van der Waals surface area (Å²) in [5.41, 5.74) is 1.94. The summed E-state index contributed by atoms with van der Waals surface area (Å²) >= 11 is 0. The van der Waals surface area contributed by atoms with E-state index in [1.807, 2.05) is 35.2 Å². The van der Waals surface area contributed by atoms with Gasteiger partial charge in [0.05, 0.1) is 6.42 Å². The average Bonchev–Trinajstić information content (AvgIpc) is 2.58. The minimum Gasteiger partial charge on any atom is -0.381 e. The molecule has 1 saturated heterocycles. The van der Waals surface area contributed by atoms with Crippen LogP contribution in [0.2, 0.25) is 0 Å². The molecule has 3 rings (SSSR count). The summed E-state index contributed by atoms with van der Waals surface area (Å²) in [6.07, 6.45) is 2.45. The highest BCUT2D eigenvalue weighted by molar-refractivity contribution is 5.79. The van der Waals surface area contributed by atoms with E-state index in [-0.39, 0.29) is 17.8 Å². The molecule has 1 aliphatic rings. The molecule has 1 atom stereocenters. The van der Waals surface area contributed by atoms with Crippen molar-refractivity contribution in [3.05, 3.63) is 66.0 Å². The van der Waals surface area contributed by atoms with Crippen LogP contribution in [-0.4, -0.2) is 29.9 Å². The minimum absolute atomic E-state index is 0.168. The van der Waals surface area contributed by atoms with Gasteiger partial charge < -0.3 is 10.2 Å². The molecule has 0 spiro atoms. The molecule has 2 aromatic carbocycles. The van der Waals surface area contributed by atoms with E-state index in [1.54, 1.807) is 12.1 Å². The Hall–Kier alpha value is -2.36. The lowest BCUT2D eigenvalue weighted by atomic mass is 10.0. The third-order valence-corrected chi connectivity index (χ3v) is 4.19. The van der Waals surface area contributed by atoms with Gasteiger partial charge in [-0.1, -0.05) is 30.3 Å². The summed E-state index contributed by atoms with van der Waals surface area (Å²) in [5.74, 6) is -0.0688. The molecule has 0 bridgehead atoms. The molecule has 23 heavy (non-hydrogen) atoms. The first-order valence-electron chi connectivity index (χ1n) is 8.04. The zero-order chi connectivity index (χ0) is 16.1. The number of rotatable bonds is 4. The molecule has 0 aliphatic carbocycles. The highest BCUT2D eigenvalue weighted by Gasteiger charge is 2.23. The van der Waals surface area contributed by atoms with E-state index in [0.29, 0.717) is 13.0 Å². The Morgan fingerprint density at radius 1 is 1.13 bits per heavy atom. The highest BCUT2D eigenvalue weighted by atomic mass is 19.1. The third-order valence-electron chi connectivity index (χ3n) is 4.19. The summed E-state index contributed by atoms with van der Waals surface area (Å²) in [6.45, 7) is 1.51. The van der Waals surface area contributed by atoms with Crippen molar-refractivity contribution in [2.24, 2.45) is 0 Å². The summed E-state index contributed by atoms with van der Waals surface area (Å²) in [7, 11) is 0. The monoisotopic (exact) mass is 312 g/mol. The van der Waals surface area contributed by atoms with E-state index in [2.05, 4.69) is 5.32 Å². The minimum atomic E-state index is -0.237. The lowest BCUT2D eigenvalue weighted by Crippen LogP contribution is -2.45. The molecule has 1 aliphatic heterocycles. The van der Waals surface area contributed by atoms with Crippen LogP contribution in [0.15, 0.2) is 54.6 Å². The summed E-state index contributed by atoms with van der Waals surface area (Å²) in [4.78, 5) is 14.4. The van der Waals surface area contributed by atoms with Crippen molar-refractivity contribution in [3.8, 4) is 0 Å². The average molecular weight is 312 g/mol. The van der Waals surface area contributed by atoms with Crippen molar-refractivity contribution in [2.45, 2.75) is 25.3 Å². The van der Waals surface area contributed by atoms with Crippen molar-refractivity contribution in [2.75, 3.05) is 18.4 Å². The number of carbonyl (C=O) groups is 1. The molecular weight excluding hydrogens is 291 g/mol. The number of nitrogens with one attached hydrogen (secondary N) is 1. The number of likely N-dealkylation sites (tertiary alicyclic amines) is 1. The van der Waals surface area contributed by atoms with Crippen LogP contribution >= 0.6 is 0 Å². The maximum Gasteiger partial charge on any atom is 0.227 e. The number of carbonyl (C=O) groups excluding carboxylic acids is 1. The Kier molecular flexibility index (Phi) is 4.91. The second-order valence-corrected chi connectivity index (χ2v) is 5.99. The summed E-state index contributed by atoms with van der Waals surface area (Å²) in [5, 5.41) is 3.40. The van der Waals surface area contributed by atoms with E-state index in [1.165, 1.54) is 12.1 Å². The van der Waals surface area contributed by atoms with Gasteiger partial charge in [-0.25, -0.2) is 4.39 Å². The van der Waals surface area contributed by atoms with Crippen molar-refractivity contribution < 1.29 is 9.18 Å². The molecule has 2 aromatic rings. The summed E-state index contributed by atoms with van der Waals surface area (Å²) in [6, 6.07) is 16.4. The van der Waals surface area contributed by atoms with E-state index >= 15 is 0 Å². The quantitative estimate of drug-likeness (QED) is 0.937. The first kappa shape index (κ1) is 15.5. The fourth-order valence-electron chi connectivity index (χ4n) is 2.99. The van der Waals surface area contributed by atoms with Crippen LogP contribution in [0.3, 0.4) is 0 Å². The van der Waals surface area contributed by atoms with Crippen molar-refractivity contribution in [1.29, 1.82) is 0 Å². The van der Waals surface area contributed by atoms with Crippen LogP contribution in [-0.2, 0) is 11.2 Å². The molecule has 1 unspecified atom stereocenters. The molecule has 1 N–H and O–H groups in total. The van der Waals surface area contributed by atoms with Crippen molar-refractivity contribution in [3.63, 3.8) is 0 Å². The van der Waals surface area contributed by atoms with Crippen LogP contribution in [0, 0.1) is 5.82 Å². The Morgan fingerprint density at radius 2 is 1.87 bits per heavy atom. The standard InChI is InChI=1S/C19H21FN2O/c20-16-8-10-17(11-9-16)21-18-7-4-12-22(14-18)19(23)13-15-5-2-1-3-6-15/h1-3,5-6,8-11,18,21H,4,7,12-14H2. The van der Waals surface area contributed by atoms with Crippen LogP contribution in [0.5, 0.6) is 0 Å². The number of benzene rings is 2. The van der Waals surface area contributed by atoms with Gasteiger partial charge in [-0.15, -0.1) is 0 Å². The van der Waals surface area contributed by atoms with Crippen LogP contribution in [0.4, 0.5) is 10.1 Å². The Balaban J connectivity index is 1.57. The number of anilines is 1. The fourth-order valence-corrected chi connectivity index (χ4v) is 2.99. The van der Waals surface area contributed by atoms with Gasteiger partial charge in [0.1, 0.15) is 5.82 Å². The molecule has 4 heteroatoms. The molecule has 1 heterocycles. The summed E-state index contributed by atoms with van der Waals surface area (Å²) < 4.78 is 13.0. The smallest absolute Gasteiger partial charge is 0.227 e. The number of nitrogens with zero attached hydrogens (tertiary/aromatic N) is 1. The highest BCUT2D eigenvalue weighted by Crippen LogP contribution is 2.17. The molecular formula is C19H21FN2O. The number of halogens is 1. The molecule has 1 amide bonds. The van der Waals surface area contributed by atoms with Gasteiger partial charge in [-0.05, 0) is 42.7 Å². The Bertz CT molecular complexity index is 642. The molecule has 0 radical (unpaired) electrons. The normalized spacial score (nSPS) is 17.8. The lowest BCUT2D eigenvalue weighted by molar-refractivity contribution is -0.131. The second-order valence-electron chi connectivity index (χ2n) is 5.99. The number of amides is 1. The maximum atomic E-state index is 13.0. The number of piperidine rings is 1. The molecule has 0 saturated carbocycles. The largest absolute Gasteiger partial charge is 0.381 e. The van der Waals surface area contributed by atoms with E-state index in [0.717, 1.165) is 30.6 Å². The molecule has 120 valence electrons. The molecule has 1 fully saturated rings. The fraction of sp³-hybridized carbons (Fsp3) is 0.316.